The lowest BCUT2D eigenvalue weighted by molar-refractivity contribution is -0.151. The van der Waals surface area contributed by atoms with Crippen molar-refractivity contribution >= 4 is 11.9 Å². The Kier molecular flexibility index (Phi) is 4.89. The second kappa shape index (κ2) is 6.19. The minimum atomic E-state index is -0.986. The second-order valence-electron chi connectivity index (χ2n) is 4.62. The first-order valence-corrected chi connectivity index (χ1v) is 6.00. The molecule has 1 atom stereocenters. The Morgan fingerprint density at radius 2 is 1.72 bits per heavy atom. The van der Waals surface area contributed by atoms with E-state index in [1.807, 2.05) is 30.3 Å². The van der Waals surface area contributed by atoms with E-state index < -0.39 is 12.0 Å². The Bertz CT molecular complexity index is 414. The molecule has 0 radical (unpaired) electrons. The summed E-state index contributed by atoms with van der Waals surface area (Å²) < 4.78 is 0. The van der Waals surface area contributed by atoms with Gasteiger partial charge >= 0.3 is 5.97 Å². The summed E-state index contributed by atoms with van der Waals surface area (Å²) in [4.78, 5) is 24.5. The minimum absolute atomic E-state index is 0.145. The molecular weight excluding hydrogens is 230 g/mol. The maximum absolute atomic E-state index is 12.1. The molecule has 0 saturated heterocycles. The Morgan fingerprint density at radius 1 is 1.17 bits per heavy atom. The van der Waals surface area contributed by atoms with E-state index in [0.29, 0.717) is 6.54 Å². The minimum Gasteiger partial charge on any atom is -0.480 e. The molecule has 0 saturated carbocycles. The number of carbonyl (C=O) groups is 2. The molecule has 0 bridgehead atoms. The molecule has 0 aliphatic heterocycles. The summed E-state index contributed by atoms with van der Waals surface area (Å²) in [7, 11) is 0. The van der Waals surface area contributed by atoms with Crippen molar-refractivity contribution in [3.05, 3.63) is 35.9 Å². The maximum Gasteiger partial charge on any atom is 0.326 e. The van der Waals surface area contributed by atoms with Gasteiger partial charge in [0.15, 0.2) is 0 Å². The molecule has 98 valence electrons. The quantitative estimate of drug-likeness (QED) is 0.869. The predicted molar refractivity (Wildman–Crippen MR) is 68.9 cm³/mol. The first-order valence-electron chi connectivity index (χ1n) is 6.00. The number of amides is 1. The van der Waals surface area contributed by atoms with Crippen LogP contribution in [0.5, 0.6) is 0 Å². The molecule has 0 aliphatic carbocycles. The van der Waals surface area contributed by atoms with E-state index in [1.54, 1.807) is 13.8 Å². The van der Waals surface area contributed by atoms with Crippen molar-refractivity contribution < 1.29 is 14.7 Å². The van der Waals surface area contributed by atoms with Crippen LogP contribution >= 0.6 is 0 Å². The molecular formula is C14H19NO3. The van der Waals surface area contributed by atoms with Gasteiger partial charge in [0.2, 0.25) is 5.91 Å². The third-order valence-corrected chi connectivity index (χ3v) is 2.80. The highest BCUT2D eigenvalue weighted by Crippen LogP contribution is 2.12. The molecule has 18 heavy (non-hydrogen) atoms. The van der Waals surface area contributed by atoms with Crippen molar-refractivity contribution in [1.82, 2.24) is 4.90 Å². The SMILES string of the molecule is CC(C)C(=O)N(Cc1ccccc1)C(C)C(=O)O. The normalized spacial score (nSPS) is 12.2. The van der Waals surface area contributed by atoms with Gasteiger partial charge in [-0.05, 0) is 12.5 Å². The molecule has 1 amide bonds. The van der Waals surface area contributed by atoms with Crippen LogP contribution in [0.4, 0.5) is 0 Å². The van der Waals surface area contributed by atoms with E-state index in [4.69, 9.17) is 5.11 Å². The van der Waals surface area contributed by atoms with E-state index in [1.165, 1.54) is 11.8 Å². The Labute approximate surface area is 107 Å². The number of nitrogens with zero attached hydrogens (tertiary/aromatic N) is 1. The molecule has 0 heterocycles. The molecule has 0 aliphatic rings. The van der Waals surface area contributed by atoms with Crippen molar-refractivity contribution in [1.29, 1.82) is 0 Å². The summed E-state index contributed by atoms with van der Waals surface area (Å²) in [5.74, 6) is -1.34. The molecule has 1 unspecified atom stereocenters. The fraction of sp³-hybridized carbons (Fsp3) is 0.429. The van der Waals surface area contributed by atoms with Crippen LogP contribution in [0.3, 0.4) is 0 Å². The summed E-state index contributed by atoms with van der Waals surface area (Å²) in [6.45, 7) is 5.40. The number of aliphatic carboxylic acids is 1. The molecule has 1 N–H and O–H groups in total. The van der Waals surface area contributed by atoms with Crippen LogP contribution in [0.25, 0.3) is 0 Å². The zero-order valence-electron chi connectivity index (χ0n) is 11.0. The number of benzene rings is 1. The highest BCUT2D eigenvalue weighted by Gasteiger charge is 2.27. The zero-order chi connectivity index (χ0) is 13.7. The highest BCUT2D eigenvalue weighted by molar-refractivity contribution is 5.84. The summed E-state index contributed by atoms with van der Waals surface area (Å²) >= 11 is 0. The van der Waals surface area contributed by atoms with Gasteiger partial charge in [-0.1, -0.05) is 44.2 Å². The average molecular weight is 249 g/mol. The Hall–Kier alpha value is -1.84. The third-order valence-electron chi connectivity index (χ3n) is 2.80. The molecule has 1 aromatic rings. The summed E-state index contributed by atoms with van der Waals surface area (Å²) in [6, 6.07) is 8.58. The zero-order valence-corrected chi connectivity index (χ0v) is 11.0. The lowest BCUT2D eigenvalue weighted by atomic mass is 10.1. The molecule has 1 rings (SSSR count). The topological polar surface area (TPSA) is 57.6 Å². The van der Waals surface area contributed by atoms with Crippen LogP contribution in [0.1, 0.15) is 26.3 Å². The number of hydrogen-bond acceptors (Lipinski definition) is 2. The van der Waals surface area contributed by atoms with Gasteiger partial charge < -0.3 is 10.0 Å². The largest absolute Gasteiger partial charge is 0.480 e. The molecule has 0 aromatic heterocycles. The number of carboxylic acids is 1. The van der Waals surface area contributed by atoms with Gasteiger partial charge in [0.25, 0.3) is 0 Å². The highest BCUT2D eigenvalue weighted by atomic mass is 16.4. The average Bonchev–Trinajstić information content (AvgIpc) is 2.35. The van der Waals surface area contributed by atoms with Crippen LogP contribution < -0.4 is 0 Å². The lowest BCUT2D eigenvalue weighted by Crippen LogP contribution is -2.44. The van der Waals surface area contributed by atoms with E-state index in [2.05, 4.69) is 0 Å². The van der Waals surface area contributed by atoms with Crippen molar-refractivity contribution in [2.45, 2.75) is 33.4 Å². The van der Waals surface area contributed by atoms with Gasteiger partial charge in [-0.15, -0.1) is 0 Å². The first kappa shape index (κ1) is 14.2. The second-order valence-corrected chi connectivity index (χ2v) is 4.62. The van der Waals surface area contributed by atoms with Crippen LogP contribution in [-0.2, 0) is 16.1 Å². The third kappa shape index (κ3) is 3.58. The van der Waals surface area contributed by atoms with Crippen molar-refractivity contribution in [3.8, 4) is 0 Å². The first-order chi connectivity index (χ1) is 8.43. The van der Waals surface area contributed by atoms with Gasteiger partial charge in [-0.25, -0.2) is 4.79 Å². The predicted octanol–water partition coefficient (Wildman–Crippen LogP) is 2.14. The number of hydrogen-bond donors (Lipinski definition) is 1. The van der Waals surface area contributed by atoms with E-state index in [9.17, 15) is 9.59 Å². The number of rotatable bonds is 5. The molecule has 4 heteroatoms. The van der Waals surface area contributed by atoms with E-state index in [-0.39, 0.29) is 11.8 Å². The summed E-state index contributed by atoms with van der Waals surface area (Å²) in [5.41, 5.74) is 0.930. The standard InChI is InChI=1S/C14H19NO3/c1-10(2)13(16)15(11(3)14(17)18)9-12-7-5-4-6-8-12/h4-8,10-11H,9H2,1-3H3,(H,17,18). The fourth-order valence-corrected chi connectivity index (χ4v) is 1.65. The lowest BCUT2D eigenvalue weighted by Gasteiger charge is -2.28. The summed E-state index contributed by atoms with van der Waals surface area (Å²) in [6.07, 6.45) is 0. The van der Waals surface area contributed by atoms with Crippen LogP contribution in [-0.4, -0.2) is 27.9 Å². The Balaban J connectivity index is 2.91. The van der Waals surface area contributed by atoms with Gasteiger partial charge in [-0.3, -0.25) is 4.79 Å². The smallest absolute Gasteiger partial charge is 0.326 e. The number of carbonyl (C=O) groups excluding carboxylic acids is 1. The van der Waals surface area contributed by atoms with Crippen molar-refractivity contribution in [2.75, 3.05) is 0 Å². The van der Waals surface area contributed by atoms with Crippen molar-refractivity contribution in [3.63, 3.8) is 0 Å². The molecule has 4 nitrogen and oxygen atoms in total. The molecule has 0 fully saturated rings. The van der Waals surface area contributed by atoms with Gasteiger partial charge in [0.1, 0.15) is 6.04 Å². The molecule has 0 spiro atoms. The van der Waals surface area contributed by atoms with E-state index in [0.717, 1.165) is 5.56 Å². The maximum atomic E-state index is 12.1. The van der Waals surface area contributed by atoms with Gasteiger partial charge in [0.05, 0.1) is 0 Å². The monoisotopic (exact) mass is 249 g/mol. The van der Waals surface area contributed by atoms with Crippen LogP contribution in [0, 0.1) is 5.92 Å². The number of carboxylic acid groups (broad SMARTS) is 1. The molecule has 1 aromatic carbocycles. The fourth-order valence-electron chi connectivity index (χ4n) is 1.65. The van der Waals surface area contributed by atoms with Crippen molar-refractivity contribution in [2.24, 2.45) is 5.92 Å². The van der Waals surface area contributed by atoms with Gasteiger partial charge in [-0.2, -0.15) is 0 Å². The van der Waals surface area contributed by atoms with Crippen LogP contribution in [0.2, 0.25) is 0 Å². The van der Waals surface area contributed by atoms with Gasteiger partial charge in [0, 0.05) is 12.5 Å². The van der Waals surface area contributed by atoms with Crippen LogP contribution in [0.15, 0.2) is 30.3 Å². The Morgan fingerprint density at radius 3 is 2.17 bits per heavy atom. The van der Waals surface area contributed by atoms with E-state index >= 15 is 0 Å². The summed E-state index contributed by atoms with van der Waals surface area (Å²) in [5, 5.41) is 9.07.